The molecule has 0 unspecified atom stereocenters. The van der Waals surface area contributed by atoms with Gasteiger partial charge in [-0.1, -0.05) is 0 Å². The van der Waals surface area contributed by atoms with Crippen LogP contribution in [0, 0.1) is 22.7 Å². The molecule has 0 saturated carbocycles. The molecule has 0 radical (unpaired) electrons. The first-order valence-corrected chi connectivity index (χ1v) is 11.3. The predicted octanol–water partition coefficient (Wildman–Crippen LogP) is 1.10. The van der Waals surface area contributed by atoms with Gasteiger partial charge in [-0.25, -0.2) is 0 Å². The summed E-state index contributed by atoms with van der Waals surface area (Å²) < 4.78 is 26.9. The Kier molecular flexibility index (Phi) is 7.91. The van der Waals surface area contributed by atoms with Gasteiger partial charge in [0.05, 0.1) is 12.9 Å². The molecule has 8 nitrogen and oxygen atoms in total. The van der Waals surface area contributed by atoms with Gasteiger partial charge in [-0.3, -0.25) is 4.18 Å². The molecule has 0 amide bonds. The molecule has 0 aromatic carbocycles. The maximum Gasteiger partial charge on any atom is 0.264 e. The molecule has 150 valence electrons. The summed E-state index contributed by atoms with van der Waals surface area (Å²) in [5.41, 5.74) is 0.117. The van der Waals surface area contributed by atoms with Crippen LogP contribution in [-0.4, -0.2) is 81.3 Å². The molecule has 9 heteroatoms. The lowest BCUT2D eigenvalue weighted by Crippen LogP contribution is -2.32. The highest BCUT2D eigenvalue weighted by Crippen LogP contribution is 2.23. The summed E-state index contributed by atoms with van der Waals surface area (Å²) in [6.45, 7) is 7.40. The Morgan fingerprint density at radius 1 is 1.11 bits per heavy atom. The van der Waals surface area contributed by atoms with Gasteiger partial charge in [-0.15, -0.1) is 0 Å². The highest BCUT2D eigenvalue weighted by Gasteiger charge is 2.28. The van der Waals surface area contributed by atoms with E-state index in [0.29, 0.717) is 24.8 Å². The third-order valence-electron chi connectivity index (χ3n) is 5.12. The zero-order valence-electron chi connectivity index (χ0n) is 16.2. The van der Waals surface area contributed by atoms with Crippen LogP contribution in [0.5, 0.6) is 0 Å². The van der Waals surface area contributed by atoms with E-state index in [9.17, 15) is 18.9 Å². The second kappa shape index (κ2) is 9.93. The summed E-state index contributed by atoms with van der Waals surface area (Å²) >= 11 is 0. The minimum absolute atomic E-state index is 0.101. The quantitative estimate of drug-likeness (QED) is 0.325. The first-order chi connectivity index (χ1) is 12.9. The van der Waals surface area contributed by atoms with Crippen molar-refractivity contribution in [3.05, 3.63) is 11.4 Å². The molecule has 2 saturated heterocycles. The lowest BCUT2D eigenvalue weighted by molar-refractivity contribution is 0.243. The van der Waals surface area contributed by atoms with Gasteiger partial charge in [0.25, 0.3) is 10.1 Å². The molecule has 1 atom stereocenters. The molecular formula is C18H29N5O3S. The molecule has 2 heterocycles. The van der Waals surface area contributed by atoms with E-state index in [2.05, 4.69) is 16.7 Å². The molecule has 0 aromatic heterocycles. The highest BCUT2D eigenvalue weighted by molar-refractivity contribution is 7.85. The predicted molar refractivity (Wildman–Crippen MR) is 102 cm³/mol. The van der Waals surface area contributed by atoms with E-state index < -0.39 is 10.1 Å². The topological polar surface area (TPSA) is 101 Å². The molecule has 2 aliphatic heterocycles. The summed E-state index contributed by atoms with van der Waals surface area (Å²) in [4.78, 5) is 6.60. The first kappa shape index (κ1) is 21.5. The number of hydrogen-bond acceptors (Lipinski definition) is 8. The van der Waals surface area contributed by atoms with Crippen LogP contribution >= 0.6 is 0 Å². The molecule has 0 aromatic rings. The molecule has 0 spiro atoms. The fourth-order valence-electron chi connectivity index (χ4n) is 3.79. The Bertz CT molecular complexity index is 706. The van der Waals surface area contributed by atoms with Crippen molar-refractivity contribution in [1.82, 2.24) is 14.7 Å². The maximum absolute atomic E-state index is 11.1. The van der Waals surface area contributed by atoms with Gasteiger partial charge in [0.1, 0.15) is 18.0 Å². The van der Waals surface area contributed by atoms with E-state index >= 15 is 0 Å². The van der Waals surface area contributed by atoms with Crippen molar-refractivity contribution >= 4 is 10.1 Å². The molecule has 0 bridgehead atoms. The van der Waals surface area contributed by atoms with Gasteiger partial charge < -0.3 is 14.7 Å². The number of nitriles is 2. The third-order valence-corrected chi connectivity index (χ3v) is 5.71. The van der Waals surface area contributed by atoms with E-state index in [1.807, 2.05) is 17.0 Å². The normalized spacial score (nSPS) is 20.7. The zero-order valence-corrected chi connectivity index (χ0v) is 17.0. The van der Waals surface area contributed by atoms with E-state index in [1.165, 1.54) is 12.8 Å². The van der Waals surface area contributed by atoms with E-state index in [1.54, 1.807) is 0 Å². The Morgan fingerprint density at radius 2 is 1.74 bits per heavy atom. The number of hydrogen-bond donors (Lipinski definition) is 0. The van der Waals surface area contributed by atoms with E-state index in [-0.39, 0.29) is 12.2 Å². The molecule has 0 aliphatic carbocycles. The standard InChI is InChI=1S/C18H29N5O3S/c1-16-6-3-7-21(16)8-4-9-22-11-12-23(18(22)17(14-19)15-20)10-5-13-26-27(2,24)25/h16H,3-13H2,1-2H3/t16-/m1/s1. The lowest BCUT2D eigenvalue weighted by Gasteiger charge is -2.26. The molecule has 27 heavy (non-hydrogen) atoms. The summed E-state index contributed by atoms with van der Waals surface area (Å²) in [5.74, 6) is 0.675. The van der Waals surface area contributed by atoms with Crippen LogP contribution in [0.2, 0.25) is 0 Å². The Labute approximate surface area is 162 Å². The molecular weight excluding hydrogens is 366 g/mol. The number of allylic oxidation sites excluding steroid dienone is 1. The van der Waals surface area contributed by atoms with Crippen molar-refractivity contribution in [3.63, 3.8) is 0 Å². The van der Waals surface area contributed by atoms with Crippen molar-refractivity contribution in [2.45, 2.75) is 38.6 Å². The van der Waals surface area contributed by atoms with Crippen LogP contribution < -0.4 is 0 Å². The highest BCUT2D eigenvalue weighted by atomic mass is 32.2. The smallest absolute Gasteiger partial charge is 0.264 e. The molecule has 2 rings (SSSR count). The number of nitrogens with zero attached hydrogens (tertiary/aromatic N) is 5. The second-order valence-corrected chi connectivity index (χ2v) is 8.80. The van der Waals surface area contributed by atoms with Gasteiger partial charge >= 0.3 is 0 Å². The van der Waals surface area contributed by atoms with Crippen molar-refractivity contribution in [2.75, 3.05) is 52.1 Å². The average molecular weight is 396 g/mol. The summed E-state index contributed by atoms with van der Waals surface area (Å²) in [7, 11) is -3.44. The van der Waals surface area contributed by atoms with Crippen molar-refractivity contribution in [1.29, 1.82) is 10.5 Å². The third kappa shape index (κ3) is 6.39. The Balaban J connectivity index is 1.92. The zero-order chi connectivity index (χ0) is 19.9. The summed E-state index contributed by atoms with van der Waals surface area (Å²) in [6, 6.07) is 4.65. The fraction of sp³-hybridized carbons (Fsp3) is 0.778. The van der Waals surface area contributed by atoms with Crippen molar-refractivity contribution in [3.8, 4) is 12.1 Å². The van der Waals surface area contributed by atoms with Gasteiger partial charge in [0, 0.05) is 38.8 Å². The number of likely N-dealkylation sites (tertiary alicyclic amines) is 1. The lowest BCUT2D eigenvalue weighted by atomic mass is 10.2. The molecule has 2 fully saturated rings. The van der Waals surface area contributed by atoms with Gasteiger partial charge in [0.15, 0.2) is 5.57 Å². The van der Waals surface area contributed by atoms with Gasteiger partial charge in [-0.2, -0.15) is 18.9 Å². The van der Waals surface area contributed by atoms with Crippen LogP contribution in [0.3, 0.4) is 0 Å². The van der Waals surface area contributed by atoms with Crippen LogP contribution in [0.25, 0.3) is 0 Å². The van der Waals surface area contributed by atoms with Crippen LogP contribution in [0.15, 0.2) is 11.4 Å². The first-order valence-electron chi connectivity index (χ1n) is 9.48. The van der Waals surface area contributed by atoms with E-state index in [4.69, 9.17) is 4.18 Å². The SMILES string of the molecule is C[C@@H]1CCCN1CCCN1CCN(CCCOS(C)(=O)=O)C1=C(C#N)C#N. The van der Waals surface area contributed by atoms with Gasteiger partial charge in [0.2, 0.25) is 0 Å². The van der Waals surface area contributed by atoms with Crippen LogP contribution in [-0.2, 0) is 14.3 Å². The Morgan fingerprint density at radius 3 is 2.26 bits per heavy atom. The minimum atomic E-state index is -3.44. The van der Waals surface area contributed by atoms with Crippen LogP contribution in [0.1, 0.15) is 32.6 Å². The molecule has 0 N–H and O–H groups in total. The Hall–Kier alpha value is -1.81. The van der Waals surface area contributed by atoms with Gasteiger partial charge in [-0.05, 0) is 39.2 Å². The van der Waals surface area contributed by atoms with Crippen molar-refractivity contribution < 1.29 is 12.6 Å². The van der Waals surface area contributed by atoms with Crippen molar-refractivity contribution in [2.24, 2.45) is 0 Å². The largest absolute Gasteiger partial charge is 0.355 e. The second-order valence-electron chi connectivity index (χ2n) is 7.16. The van der Waals surface area contributed by atoms with E-state index in [0.717, 1.165) is 45.4 Å². The summed E-state index contributed by atoms with van der Waals surface area (Å²) in [5, 5.41) is 18.7. The summed E-state index contributed by atoms with van der Waals surface area (Å²) in [6.07, 6.45) is 5.04. The monoisotopic (exact) mass is 395 g/mol. The number of rotatable bonds is 9. The minimum Gasteiger partial charge on any atom is -0.355 e. The fourth-order valence-corrected chi connectivity index (χ4v) is 4.21. The maximum atomic E-state index is 11.1. The molecule has 2 aliphatic rings. The van der Waals surface area contributed by atoms with Crippen LogP contribution in [0.4, 0.5) is 0 Å². The average Bonchev–Trinajstić information content (AvgIpc) is 3.20.